The predicted octanol–water partition coefficient (Wildman–Crippen LogP) is 7.00. The standard InChI is InChI=1S/C30H18F3N3O2S.Pt/c1-19-13-15-34-28(16-19)36-26-10-3-2-8-23(26)24-12-11-21(18-27(24)36)20-6-4-7-22(17-20)39(37,38)29-25(30(31,32)33)9-5-14-35-29;/h2-16H,1H3;/q-2;+2. The van der Waals surface area contributed by atoms with Gasteiger partial charge in [-0.2, -0.15) is 43.5 Å². The van der Waals surface area contributed by atoms with Gasteiger partial charge in [0.2, 0.25) is 9.84 Å². The Labute approximate surface area is 242 Å². The average molecular weight is 737 g/mol. The number of pyridine rings is 2. The molecule has 0 fully saturated rings. The van der Waals surface area contributed by atoms with Gasteiger partial charge in [0.25, 0.3) is 0 Å². The SMILES string of the molecule is Cc1ccnc(-n2c3[c-]c(-c4[c-]c(S(=O)(=O)c5ncccc5C(F)(F)F)ccc4)ccc3c3ccccc32)c1.[Pt+2]. The van der Waals surface area contributed by atoms with E-state index in [0.29, 0.717) is 23.0 Å². The third kappa shape index (κ3) is 4.73. The van der Waals surface area contributed by atoms with Gasteiger partial charge in [0.15, 0.2) is 5.03 Å². The fourth-order valence-electron chi connectivity index (χ4n) is 4.62. The molecule has 0 amide bonds. The minimum absolute atomic E-state index is 0. The Morgan fingerprint density at radius 3 is 2.35 bits per heavy atom. The van der Waals surface area contributed by atoms with Gasteiger partial charge in [-0.3, -0.25) is 0 Å². The Hall–Kier alpha value is -3.81. The summed E-state index contributed by atoms with van der Waals surface area (Å²) >= 11 is 0. The molecule has 10 heteroatoms. The van der Waals surface area contributed by atoms with Crippen molar-refractivity contribution in [3.8, 4) is 16.9 Å². The molecular weight excluding hydrogens is 718 g/mol. The minimum Gasteiger partial charge on any atom is -0.314 e. The molecule has 0 saturated carbocycles. The first-order valence-electron chi connectivity index (χ1n) is 11.8. The van der Waals surface area contributed by atoms with Crippen molar-refractivity contribution in [2.75, 3.05) is 0 Å². The van der Waals surface area contributed by atoms with Crippen LogP contribution in [-0.2, 0) is 37.1 Å². The molecule has 0 aliphatic carbocycles. The Bertz CT molecular complexity index is 2000. The smallest absolute Gasteiger partial charge is 0.314 e. The largest absolute Gasteiger partial charge is 2.00 e. The molecule has 3 aromatic heterocycles. The van der Waals surface area contributed by atoms with Crippen molar-refractivity contribution in [3.63, 3.8) is 0 Å². The molecule has 3 aromatic carbocycles. The van der Waals surface area contributed by atoms with Gasteiger partial charge in [0.1, 0.15) is 5.82 Å². The maximum atomic E-state index is 13.6. The van der Waals surface area contributed by atoms with Gasteiger partial charge in [0, 0.05) is 17.9 Å². The first kappa shape index (κ1) is 27.7. The van der Waals surface area contributed by atoms with Crippen LogP contribution in [0.25, 0.3) is 38.8 Å². The van der Waals surface area contributed by atoms with Crippen LogP contribution in [0.4, 0.5) is 13.2 Å². The third-order valence-corrected chi connectivity index (χ3v) is 8.04. The molecule has 0 N–H and O–H groups in total. The molecule has 0 atom stereocenters. The molecule has 6 rings (SSSR count). The van der Waals surface area contributed by atoms with Crippen molar-refractivity contribution >= 4 is 31.6 Å². The molecule has 0 bridgehead atoms. The summed E-state index contributed by atoms with van der Waals surface area (Å²) in [7, 11) is -4.62. The van der Waals surface area contributed by atoms with Crippen LogP contribution >= 0.6 is 0 Å². The monoisotopic (exact) mass is 736 g/mol. The molecule has 0 saturated heterocycles. The zero-order chi connectivity index (χ0) is 27.4. The van der Waals surface area contributed by atoms with E-state index >= 15 is 0 Å². The van der Waals surface area contributed by atoms with Crippen molar-refractivity contribution in [1.29, 1.82) is 0 Å². The van der Waals surface area contributed by atoms with Gasteiger partial charge in [-0.25, -0.2) is 29.5 Å². The second-order valence-electron chi connectivity index (χ2n) is 8.96. The second kappa shape index (κ2) is 10.3. The number of benzene rings is 3. The zero-order valence-electron chi connectivity index (χ0n) is 20.7. The van der Waals surface area contributed by atoms with Crippen LogP contribution in [0.3, 0.4) is 0 Å². The summed E-state index contributed by atoms with van der Waals surface area (Å²) in [6.45, 7) is 1.97. The zero-order valence-corrected chi connectivity index (χ0v) is 23.8. The van der Waals surface area contributed by atoms with Crippen molar-refractivity contribution in [2.45, 2.75) is 23.0 Å². The maximum Gasteiger partial charge on any atom is 2.00 e. The molecule has 0 aliphatic heterocycles. The Kier molecular flexibility index (Phi) is 7.14. The van der Waals surface area contributed by atoms with E-state index in [1.54, 1.807) is 18.3 Å². The van der Waals surface area contributed by atoms with Crippen LogP contribution in [0.2, 0.25) is 0 Å². The molecule has 6 aromatic rings. The van der Waals surface area contributed by atoms with Crippen LogP contribution in [-0.4, -0.2) is 23.0 Å². The molecule has 3 heterocycles. The molecule has 0 radical (unpaired) electrons. The third-order valence-electron chi connectivity index (χ3n) is 6.39. The quantitative estimate of drug-likeness (QED) is 0.183. The van der Waals surface area contributed by atoms with Gasteiger partial charge < -0.3 is 4.57 Å². The Morgan fingerprint density at radius 1 is 0.800 bits per heavy atom. The van der Waals surface area contributed by atoms with Crippen molar-refractivity contribution in [2.24, 2.45) is 0 Å². The summed E-state index contributed by atoms with van der Waals surface area (Å²) in [5, 5.41) is 0.856. The van der Waals surface area contributed by atoms with Crippen molar-refractivity contribution in [1.82, 2.24) is 14.5 Å². The number of fused-ring (bicyclic) bond motifs is 3. The summed E-state index contributed by atoms with van der Waals surface area (Å²) in [6, 6.07) is 27.6. The summed E-state index contributed by atoms with van der Waals surface area (Å²) in [5.74, 6) is 0.699. The van der Waals surface area contributed by atoms with Gasteiger partial charge in [0.05, 0.1) is 5.56 Å². The maximum absolute atomic E-state index is 13.6. The minimum atomic E-state index is -4.88. The molecule has 5 nitrogen and oxygen atoms in total. The van der Waals surface area contributed by atoms with Crippen LogP contribution in [0.15, 0.2) is 101 Å². The van der Waals surface area contributed by atoms with E-state index < -0.39 is 31.5 Å². The van der Waals surface area contributed by atoms with Crippen LogP contribution < -0.4 is 0 Å². The predicted molar refractivity (Wildman–Crippen MR) is 141 cm³/mol. The van der Waals surface area contributed by atoms with Crippen LogP contribution in [0.1, 0.15) is 11.1 Å². The number of para-hydroxylation sites is 1. The molecule has 202 valence electrons. The van der Waals surface area contributed by atoms with Gasteiger partial charge in [-0.05, 0) is 58.6 Å². The number of alkyl halides is 3. The Morgan fingerprint density at radius 2 is 1.57 bits per heavy atom. The molecule has 40 heavy (non-hydrogen) atoms. The number of aromatic nitrogens is 3. The van der Waals surface area contributed by atoms with E-state index in [9.17, 15) is 21.6 Å². The number of sulfone groups is 1. The van der Waals surface area contributed by atoms with Crippen LogP contribution in [0, 0.1) is 19.1 Å². The van der Waals surface area contributed by atoms with E-state index in [2.05, 4.69) is 22.1 Å². The molecule has 0 unspecified atom stereocenters. The van der Waals surface area contributed by atoms with Crippen molar-refractivity contribution in [3.05, 3.63) is 115 Å². The number of aryl methyl sites for hydroxylation is 1. The van der Waals surface area contributed by atoms with Gasteiger partial charge in [-0.1, -0.05) is 23.6 Å². The summed E-state index contributed by atoms with van der Waals surface area (Å²) in [6.07, 6.45) is -2.14. The van der Waals surface area contributed by atoms with Gasteiger partial charge in [-0.15, -0.1) is 12.1 Å². The average Bonchev–Trinajstić information content (AvgIpc) is 3.26. The number of hydrogen-bond donors (Lipinski definition) is 0. The van der Waals surface area contributed by atoms with E-state index in [1.807, 2.05) is 54.0 Å². The summed E-state index contributed by atoms with van der Waals surface area (Å²) in [4.78, 5) is 7.70. The normalized spacial score (nSPS) is 12.0. The number of nitrogens with zero attached hydrogens (tertiary/aromatic N) is 3. The molecule has 0 aliphatic rings. The van der Waals surface area contributed by atoms with E-state index in [1.165, 1.54) is 12.1 Å². The first-order chi connectivity index (χ1) is 18.6. The number of hydrogen-bond acceptors (Lipinski definition) is 4. The van der Waals surface area contributed by atoms with Crippen LogP contribution in [0.5, 0.6) is 0 Å². The van der Waals surface area contributed by atoms with Gasteiger partial charge >= 0.3 is 27.2 Å². The number of halogens is 3. The summed E-state index contributed by atoms with van der Waals surface area (Å²) in [5.41, 5.74) is 2.23. The molecule has 0 spiro atoms. The fourth-order valence-corrected chi connectivity index (χ4v) is 6.00. The van der Waals surface area contributed by atoms with E-state index in [-0.39, 0.29) is 21.1 Å². The molecular formula is C30H18F3N3O2PtS. The summed E-state index contributed by atoms with van der Waals surface area (Å²) < 4.78 is 69.2. The second-order valence-corrected chi connectivity index (χ2v) is 10.8. The van der Waals surface area contributed by atoms with E-state index in [0.717, 1.165) is 39.6 Å². The van der Waals surface area contributed by atoms with E-state index in [4.69, 9.17) is 0 Å². The first-order valence-corrected chi connectivity index (χ1v) is 13.3. The topological polar surface area (TPSA) is 64.8 Å². The Balaban J connectivity index is 0.00000323. The fraction of sp³-hybridized carbons (Fsp3) is 0.0667. The number of rotatable bonds is 4. The van der Waals surface area contributed by atoms with Crippen molar-refractivity contribution < 1.29 is 42.7 Å².